The summed E-state index contributed by atoms with van der Waals surface area (Å²) in [6.45, 7) is 2.30. The van der Waals surface area contributed by atoms with Crippen molar-refractivity contribution in [3.05, 3.63) is 101 Å². The van der Waals surface area contributed by atoms with E-state index in [0.717, 1.165) is 16.9 Å². The Balaban J connectivity index is 1.81. The molecular formula is C28H31FN2O3S. The van der Waals surface area contributed by atoms with Gasteiger partial charge < -0.3 is 15.0 Å². The smallest absolute Gasteiger partial charge is 0.243 e. The van der Waals surface area contributed by atoms with E-state index < -0.39 is 11.9 Å². The Morgan fingerprint density at radius 2 is 1.66 bits per heavy atom. The first-order valence-electron chi connectivity index (χ1n) is 11.6. The Bertz CT molecular complexity index is 1090. The lowest BCUT2D eigenvalue weighted by Crippen LogP contribution is -2.51. The second-order valence-corrected chi connectivity index (χ2v) is 9.04. The Labute approximate surface area is 210 Å². The predicted octanol–water partition coefficient (Wildman–Crippen LogP) is 4.84. The molecule has 5 nitrogen and oxygen atoms in total. The maximum absolute atomic E-state index is 14.5. The molecule has 0 spiro atoms. The van der Waals surface area contributed by atoms with E-state index in [1.807, 2.05) is 61.5 Å². The van der Waals surface area contributed by atoms with Crippen LogP contribution in [0.2, 0.25) is 0 Å². The molecule has 184 valence electrons. The third-order valence-corrected chi connectivity index (χ3v) is 6.56. The molecule has 1 unspecified atom stereocenters. The summed E-state index contributed by atoms with van der Waals surface area (Å²) in [4.78, 5) is 28.1. The average Bonchev–Trinajstić information content (AvgIpc) is 2.88. The van der Waals surface area contributed by atoms with Crippen molar-refractivity contribution < 1.29 is 18.7 Å². The molecule has 0 aliphatic carbocycles. The molecular weight excluding hydrogens is 463 g/mol. The van der Waals surface area contributed by atoms with Gasteiger partial charge in [-0.25, -0.2) is 4.39 Å². The molecule has 3 aromatic carbocycles. The van der Waals surface area contributed by atoms with E-state index in [-0.39, 0.29) is 24.1 Å². The molecule has 0 aromatic heterocycles. The summed E-state index contributed by atoms with van der Waals surface area (Å²) in [5, 5.41) is 2.85. The number of hydrogen-bond donors (Lipinski definition) is 1. The largest absolute Gasteiger partial charge is 0.497 e. The van der Waals surface area contributed by atoms with Crippen molar-refractivity contribution in [1.82, 2.24) is 10.2 Å². The molecule has 7 heteroatoms. The Kier molecular flexibility index (Phi) is 10.2. The van der Waals surface area contributed by atoms with E-state index in [4.69, 9.17) is 4.74 Å². The van der Waals surface area contributed by atoms with Gasteiger partial charge in [0.15, 0.2) is 0 Å². The summed E-state index contributed by atoms with van der Waals surface area (Å²) < 4.78 is 19.7. The number of nitrogens with one attached hydrogen (secondary N) is 1. The first-order valence-corrected chi connectivity index (χ1v) is 12.7. The molecule has 0 fully saturated rings. The number of hydrogen-bond acceptors (Lipinski definition) is 4. The van der Waals surface area contributed by atoms with Crippen molar-refractivity contribution in [1.29, 1.82) is 0 Å². The summed E-state index contributed by atoms with van der Waals surface area (Å²) >= 11 is 1.46. The predicted molar refractivity (Wildman–Crippen MR) is 139 cm³/mol. The van der Waals surface area contributed by atoms with Gasteiger partial charge in [0.1, 0.15) is 17.6 Å². The number of carbonyl (C=O) groups is 2. The number of nitrogens with zero attached hydrogens (tertiary/aromatic N) is 1. The highest BCUT2D eigenvalue weighted by molar-refractivity contribution is 7.99. The number of benzene rings is 3. The number of thioether (sulfide) groups is 1. The van der Waals surface area contributed by atoms with Crippen LogP contribution in [0.15, 0.2) is 78.9 Å². The lowest BCUT2D eigenvalue weighted by atomic mass is 10.0. The van der Waals surface area contributed by atoms with Crippen LogP contribution in [0.3, 0.4) is 0 Å². The summed E-state index contributed by atoms with van der Waals surface area (Å²) in [5.74, 6) is 0.723. The summed E-state index contributed by atoms with van der Waals surface area (Å²) in [6, 6.07) is 22.8. The zero-order valence-electron chi connectivity index (χ0n) is 20.1. The molecule has 0 saturated heterocycles. The first-order chi connectivity index (χ1) is 17.0. The number of likely N-dealkylation sites (N-methyl/N-ethyl adjacent to an activating group) is 1. The second kappa shape index (κ2) is 13.5. The van der Waals surface area contributed by atoms with Crippen LogP contribution in [-0.2, 0) is 28.3 Å². The molecule has 2 amide bonds. The van der Waals surface area contributed by atoms with Gasteiger partial charge in [0.25, 0.3) is 0 Å². The number of rotatable bonds is 12. The van der Waals surface area contributed by atoms with Gasteiger partial charge in [0, 0.05) is 30.8 Å². The van der Waals surface area contributed by atoms with Gasteiger partial charge in [0.2, 0.25) is 11.8 Å². The average molecular weight is 495 g/mol. The van der Waals surface area contributed by atoms with Gasteiger partial charge >= 0.3 is 0 Å². The van der Waals surface area contributed by atoms with Crippen LogP contribution in [0, 0.1) is 5.82 Å². The van der Waals surface area contributed by atoms with Gasteiger partial charge in [-0.3, -0.25) is 9.59 Å². The fourth-order valence-electron chi connectivity index (χ4n) is 3.72. The van der Waals surface area contributed by atoms with E-state index in [9.17, 15) is 14.0 Å². The molecule has 0 radical (unpaired) electrons. The highest BCUT2D eigenvalue weighted by Crippen LogP contribution is 2.20. The minimum Gasteiger partial charge on any atom is -0.497 e. The fraction of sp³-hybridized carbons (Fsp3) is 0.286. The van der Waals surface area contributed by atoms with E-state index in [0.29, 0.717) is 24.3 Å². The summed E-state index contributed by atoms with van der Waals surface area (Å²) in [7, 11) is 1.62. The monoisotopic (exact) mass is 494 g/mol. The number of halogens is 1. The molecule has 1 N–H and O–H groups in total. The molecule has 0 heterocycles. The number of amides is 2. The van der Waals surface area contributed by atoms with Gasteiger partial charge in [-0.1, -0.05) is 60.7 Å². The van der Waals surface area contributed by atoms with E-state index in [1.165, 1.54) is 22.7 Å². The van der Waals surface area contributed by atoms with E-state index >= 15 is 0 Å². The lowest BCUT2D eigenvalue weighted by molar-refractivity contribution is -0.139. The minimum absolute atomic E-state index is 0.0171. The third-order valence-electron chi connectivity index (χ3n) is 5.57. The van der Waals surface area contributed by atoms with Crippen molar-refractivity contribution in [3.8, 4) is 5.75 Å². The topological polar surface area (TPSA) is 58.6 Å². The maximum atomic E-state index is 14.5. The molecule has 0 aliphatic heterocycles. The van der Waals surface area contributed by atoms with E-state index in [1.54, 1.807) is 25.3 Å². The third kappa shape index (κ3) is 7.86. The minimum atomic E-state index is -0.758. The zero-order chi connectivity index (χ0) is 25.0. The van der Waals surface area contributed by atoms with Crippen molar-refractivity contribution in [3.63, 3.8) is 0 Å². The molecule has 0 aliphatic rings. The van der Waals surface area contributed by atoms with Crippen LogP contribution in [0.1, 0.15) is 23.6 Å². The Hall–Kier alpha value is -3.32. The number of methoxy groups -OCH3 is 1. The van der Waals surface area contributed by atoms with E-state index in [2.05, 4.69) is 5.32 Å². The second-order valence-electron chi connectivity index (χ2n) is 8.05. The van der Waals surface area contributed by atoms with Crippen LogP contribution in [0.25, 0.3) is 0 Å². The normalized spacial score (nSPS) is 11.5. The van der Waals surface area contributed by atoms with Crippen LogP contribution < -0.4 is 10.1 Å². The first kappa shape index (κ1) is 26.3. The molecule has 3 aromatic rings. The quantitative estimate of drug-likeness (QED) is 0.391. The van der Waals surface area contributed by atoms with Gasteiger partial charge in [-0.05, 0) is 36.2 Å². The molecule has 1 atom stereocenters. The number of carbonyl (C=O) groups excluding carboxylic acids is 2. The van der Waals surface area contributed by atoms with Gasteiger partial charge in [-0.2, -0.15) is 0 Å². The van der Waals surface area contributed by atoms with Crippen molar-refractivity contribution in [2.75, 3.05) is 19.4 Å². The SMILES string of the molecule is CCNC(=O)C(Cc1ccccc1)N(Cc1ccccc1F)C(=O)CSCc1ccc(OC)cc1. The van der Waals surface area contributed by atoms with Crippen LogP contribution in [-0.4, -0.2) is 42.2 Å². The molecule has 0 saturated carbocycles. The summed E-state index contributed by atoms with van der Waals surface area (Å²) in [6.07, 6.45) is 0.343. The van der Waals surface area contributed by atoms with Crippen molar-refractivity contribution in [2.24, 2.45) is 0 Å². The Morgan fingerprint density at radius 1 is 0.971 bits per heavy atom. The number of ether oxygens (including phenoxy) is 1. The standard InChI is InChI=1S/C28H31FN2O3S/c1-3-30-28(33)26(17-21-9-5-4-6-10-21)31(18-23-11-7-8-12-25(23)29)27(32)20-35-19-22-13-15-24(34-2)16-14-22/h4-16,26H,3,17-20H2,1-2H3,(H,30,33). The highest BCUT2D eigenvalue weighted by Gasteiger charge is 2.30. The van der Waals surface area contributed by atoms with Crippen molar-refractivity contribution in [2.45, 2.75) is 31.7 Å². The lowest BCUT2D eigenvalue weighted by Gasteiger charge is -2.31. The summed E-state index contributed by atoms with van der Waals surface area (Å²) in [5.41, 5.74) is 2.37. The van der Waals surface area contributed by atoms with Gasteiger partial charge in [-0.15, -0.1) is 11.8 Å². The molecule has 3 rings (SSSR count). The van der Waals surface area contributed by atoms with Crippen LogP contribution in [0.4, 0.5) is 4.39 Å². The highest BCUT2D eigenvalue weighted by atomic mass is 32.2. The van der Waals surface area contributed by atoms with Crippen LogP contribution >= 0.6 is 11.8 Å². The maximum Gasteiger partial charge on any atom is 0.243 e. The van der Waals surface area contributed by atoms with Crippen LogP contribution in [0.5, 0.6) is 5.75 Å². The van der Waals surface area contributed by atoms with Crippen molar-refractivity contribution >= 4 is 23.6 Å². The Morgan fingerprint density at radius 3 is 2.31 bits per heavy atom. The molecule has 35 heavy (non-hydrogen) atoms. The van der Waals surface area contributed by atoms with Gasteiger partial charge in [0.05, 0.1) is 12.9 Å². The molecule has 0 bridgehead atoms. The fourth-order valence-corrected chi connectivity index (χ4v) is 4.59. The zero-order valence-corrected chi connectivity index (χ0v) is 20.9.